The van der Waals surface area contributed by atoms with E-state index in [0.717, 1.165) is 26.1 Å². The normalized spacial score (nSPS) is 11.3. The van der Waals surface area contributed by atoms with Gasteiger partial charge in [0.25, 0.3) is 0 Å². The number of nitrogens with zero attached hydrogens (tertiary/aromatic N) is 2. The van der Waals surface area contributed by atoms with Gasteiger partial charge < -0.3 is 10.0 Å². The molecule has 0 aromatic heterocycles. The van der Waals surface area contributed by atoms with Gasteiger partial charge in [0.15, 0.2) is 0 Å². The van der Waals surface area contributed by atoms with E-state index in [-0.39, 0.29) is 6.54 Å². The number of hydrogen-bond donors (Lipinski definition) is 1. The summed E-state index contributed by atoms with van der Waals surface area (Å²) in [4.78, 5) is 14.7. The average Bonchev–Trinajstić information content (AvgIpc) is 2.13. The van der Waals surface area contributed by atoms with Crippen molar-refractivity contribution in [3.63, 3.8) is 0 Å². The van der Waals surface area contributed by atoms with Gasteiger partial charge in [-0.3, -0.25) is 9.69 Å². The van der Waals surface area contributed by atoms with E-state index >= 15 is 0 Å². The molecular formula is C11H24N2O2. The molecular weight excluding hydrogens is 192 g/mol. The quantitative estimate of drug-likeness (QED) is 0.587. The van der Waals surface area contributed by atoms with Gasteiger partial charge in [-0.05, 0) is 27.1 Å². The molecule has 0 unspecified atom stereocenters. The first-order valence-corrected chi connectivity index (χ1v) is 5.65. The Morgan fingerprint density at radius 3 is 2.27 bits per heavy atom. The van der Waals surface area contributed by atoms with Crippen LogP contribution in [0.5, 0.6) is 0 Å². The zero-order valence-electron chi connectivity index (χ0n) is 10.2. The third-order valence-corrected chi connectivity index (χ3v) is 2.30. The lowest BCUT2D eigenvalue weighted by Crippen LogP contribution is -2.36. The Morgan fingerprint density at radius 2 is 1.80 bits per heavy atom. The maximum atomic E-state index is 10.6. The van der Waals surface area contributed by atoms with Crippen molar-refractivity contribution in [3.8, 4) is 0 Å². The molecule has 0 saturated carbocycles. The molecule has 1 N–H and O–H groups in total. The summed E-state index contributed by atoms with van der Waals surface area (Å²) in [6.07, 6.45) is 3.45. The summed E-state index contributed by atoms with van der Waals surface area (Å²) < 4.78 is 0. The third kappa shape index (κ3) is 9.69. The number of carboxylic acids is 1. The first-order chi connectivity index (χ1) is 7.06. The van der Waals surface area contributed by atoms with Crippen molar-refractivity contribution in [1.82, 2.24) is 9.80 Å². The highest BCUT2D eigenvalue weighted by atomic mass is 16.4. The van der Waals surface area contributed by atoms with Gasteiger partial charge in [-0.1, -0.05) is 19.8 Å². The topological polar surface area (TPSA) is 43.8 Å². The second-order valence-corrected chi connectivity index (χ2v) is 4.18. The third-order valence-electron chi connectivity index (χ3n) is 2.30. The second kappa shape index (κ2) is 8.68. The van der Waals surface area contributed by atoms with Crippen molar-refractivity contribution in [2.45, 2.75) is 26.2 Å². The maximum absolute atomic E-state index is 10.6. The van der Waals surface area contributed by atoms with E-state index in [1.807, 2.05) is 19.0 Å². The van der Waals surface area contributed by atoms with E-state index in [2.05, 4.69) is 11.8 Å². The van der Waals surface area contributed by atoms with Crippen LogP contribution in [0.4, 0.5) is 0 Å². The molecule has 0 aliphatic carbocycles. The highest BCUT2D eigenvalue weighted by Gasteiger charge is 2.08. The first kappa shape index (κ1) is 14.4. The minimum absolute atomic E-state index is 0.164. The van der Waals surface area contributed by atoms with E-state index < -0.39 is 5.97 Å². The van der Waals surface area contributed by atoms with Crippen LogP contribution in [0.3, 0.4) is 0 Å². The van der Waals surface area contributed by atoms with Gasteiger partial charge in [-0.25, -0.2) is 0 Å². The number of unbranched alkanes of at least 4 members (excludes halogenated alkanes) is 2. The number of hydrogen-bond acceptors (Lipinski definition) is 3. The number of likely N-dealkylation sites (N-methyl/N-ethyl adjacent to an activating group) is 1. The molecule has 0 fully saturated rings. The smallest absolute Gasteiger partial charge is 0.317 e. The molecule has 0 heterocycles. The van der Waals surface area contributed by atoms with Crippen molar-refractivity contribution < 1.29 is 9.90 Å². The highest BCUT2D eigenvalue weighted by molar-refractivity contribution is 5.69. The molecule has 0 aromatic rings. The molecule has 0 spiro atoms. The Labute approximate surface area is 92.9 Å². The maximum Gasteiger partial charge on any atom is 0.317 e. The van der Waals surface area contributed by atoms with Crippen LogP contribution in [0.25, 0.3) is 0 Å². The van der Waals surface area contributed by atoms with E-state index in [1.165, 1.54) is 12.8 Å². The van der Waals surface area contributed by atoms with Crippen molar-refractivity contribution in [2.75, 3.05) is 40.3 Å². The van der Waals surface area contributed by atoms with Crippen LogP contribution < -0.4 is 0 Å². The zero-order chi connectivity index (χ0) is 11.7. The Kier molecular flexibility index (Phi) is 8.33. The summed E-state index contributed by atoms with van der Waals surface area (Å²) in [6.45, 7) is 4.97. The van der Waals surface area contributed by atoms with E-state index in [1.54, 1.807) is 0 Å². The molecule has 0 atom stereocenters. The van der Waals surface area contributed by atoms with Crippen LogP contribution in [-0.2, 0) is 4.79 Å². The van der Waals surface area contributed by atoms with Crippen LogP contribution in [-0.4, -0.2) is 61.2 Å². The van der Waals surface area contributed by atoms with Gasteiger partial charge in [-0.15, -0.1) is 0 Å². The van der Waals surface area contributed by atoms with Crippen molar-refractivity contribution in [1.29, 1.82) is 0 Å². The lowest BCUT2D eigenvalue weighted by Gasteiger charge is -2.22. The van der Waals surface area contributed by atoms with Gasteiger partial charge in [0.1, 0.15) is 0 Å². The Morgan fingerprint density at radius 1 is 1.13 bits per heavy atom. The molecule has 0 bridgehead atoms. The van der Waals surface area contributed by atoms with Crippen molar-refractivity contribution in [2.24, 2.45) is 0 Å². The minimum atomic E-state index is -0.731. The Bertz CT molecular complexity index is 172. The summed E-state index contributed by atoms with van der Waals surface area (Å²) in [5.74, 6) is -0.731. The fraction of sp³-hybridized carbons (Fsp3) is 0.909. The molecule has 90 valence electrons. The minimum Gasteiger partial charge on any atom is -0.480 e. The SMILES string of the molecule is CCCCCN(CCN(C)C)CC(=O)O. The summed E-state index contributed by atoms with van der Waals surface area (Å²) in [5.41, 5.74) is 0. The number of carboxylic acid groups (broad SMARTS) is 1. The molecule has 4 heteroatoms. The van der Waals surface area contributed by atoms with Gasteiger partial charge in [-0.2, -0.15) is 0 Å². The fourth-order valence-corrected chi connectivity index (χ4v) is 1.39. The largest absolute Gasteiger partial charge is 0.480 e. The van der Waals surface area contributed by atoms with Gasteiger partial charge in [0.05, 0.1) is 6.54 Å². The standard InChI is InChI=1S/C11H24N2O2/c1-4-5-6-7-13(10-11(14)15)9-8-12(2)3/h4-10H2,1-3H3,(H,14,15). The molecule has 0 radical (unpaired) electrons. The average molecular weight is 216 g/mol. The van der Waals surface area contributed by atoms with E-state index in [4.69, 9.17) is 5.11 Å². The van der Waals surface area contributed by atoms with E-state index in [9.17, 15) is 4.79 Å². The molecule has 4 nitrogen and oxygen atoms in total. The molecule has 0 saturated heterocycles. The predicted octanol–water partition coefficient (Wildman–Crippen LogP) is 1.12. The Balaban J connectivity index is 3.78. The highest BCUT2D eigenvalue weighted by Crippen LogP contribution is 1.98. The van der Waals surface area contributed by atoms with Gasteiger partial charge in [0, 0.05) is 13.1 Å². The van der Waals surface area contributed by atoms with Crippen LogP contribution in [0, 0.1) is 0 Å². The Hall–Kier alpha value is -0.610. The monoisotopic (exact) mass is 216 g/mol. The molecule has 0 aliphatic heterocycles. The van der Waals surface area contributed by atoms with Crippen LogP contribution >= 0.6 is 0 Å². The molecule has 0 rings (SSSR count). The summed E-state index contributed by atoms with van der Waals surface area (Å²) in [5, 5.41) is 8.75. The zero-order valence-corrected chi connectivity index (χ0v) is 10.2. The van der Waals surface area contributed by atoms with Crippen LogP contribution in [0.2, 0.25) is 0 Å². The molecule has 0 amide bonds. The number of aliphatic carboxylic acids is 1. The second-order valence-electron chi connectivity index (χ2n) is 4.18. The lowest BCUT2D eigenvalue weighted by molar-refractivity contribution is -0.138. The van der Waals surface area contributed by atoms with Gasteiger partial charge in [0.2, 0.25) is 0 Å². The number of carbonyl (C=O) groups is 1. The fourth-order valence-electron chi connectivity index (χ4n) is 1.39. The van der Waals surface area contributed by atoms with Crippen molar-refractivity contribution >= 4 is 5.97 Å². The molecule has 0 aliphatic rings. The lowest BCUT2D eigenvalue weighted by atomic mass is 10.2. The summed E-state index contributed by atoms with van der Waals surface area (Å²) in [7, 11) is 4.01. The van der Waals surface area contributed by atoms with Crippen LogP contribution in [0.1, 0.15) is 26.2 Å². The predicted molar refractivity (Wildman–Crippen MR) is 62.2 cm³/mol. The summed E-state index contributed by atoms with van der Waals surface area (Å²) >= 11 is 0. The molecule has 15 heavy (non-hydrogen) atoms. The molecule has 0 aromatic carbocycles. The summed E-state index contributed by atoms with van der Waals surface area (Å²) in [6, 6.07) is 0. The van der Waals surface area contributed by atoms with Gasteiger partial charge >= 0.3 is 5.97 Å². The van der Waals surface area contributed by atoms with Crippen LogP contribution in [0.15, 0.2) is 0 Å². The van der Waals surface area contributed by atoms with E-state index in [0.29, 0.717) is 0 Å². The number of rotatable bonds is 9. The van der Waals surface area contributed by atoms with Crippen molar-refractivity contribution in [3.05, 3.63) is 0 Å². The first-order valence-electron chi connectivity index (χ1n) is 5.65.